The first-order valence-electron chi connectivity index (χ1n) is 4.22. The van der Waals surface area contributed by atoms with Crippen LogP contribution in [0, 0.1) is 0 Å². The number of rotatable bonds is 1. The fourth-order valence-electron chi connectivity index (χ4n) is 1.38. The lowest BCUT2D eigenvalue weighted by molar-refractivity contribution is -0.0445. The molecule has 7 heteroatoms. The molecule has 16 heavy (non-hydrogen) atoms. The van der Waals surface area contributed by atoms with E-state index in [0.717, 1.165) is 6.20 Å². The monoisotopic (exact) mass is 249 g/mol. The second kappa shape index (κ2) is 3.24. The number of hydrogen-bond donors (Lipinski definition) is 0. The van der Waals surface area contributed by atoms with Crippen molar-refractivity contribution >= 4 is 20.9 Å². The maximum absolute atomic E-state index is 12.3. The van der Waals surface area contributed by atoms with Gasteiger partial charge in [0.25, 0.3) is 0 Å². The van der Waals surface area contributed by atoms with Crippen molar-refractivity contribution in [2.75, 3.05) is 0 Å². The van der Waals surface area contributed by atoms with E-state index >= 15 is 0 Å². The van der Waals surface area contributed by atoms with Gasteiger partial charge in [-0.2, -0.15) is 21.6 Å². The van der Waals surface area contributed by atoms with E-state index in [1.165, 1.54) is 24.3 Å². The van der Waals surface area contributed by atoms with Crippen LogP contribution in [0.5, 0.6) is 0 Å². The molecule has 1 aromatic heterocycles. The van der Waals surface area contributed by atoms with Gasteiger partial charge in [-0.15, -0.1) is 0 Å². The van der Waals surface area contributed by atoms with Crippen molar-refractivity contribution in [2.45, 2.75) is 5.51 Å². The molecular weight excluding hydrogens is 243 g/mol. The van der Waals surface area contributed by atoms with Crippen LogP contribution in [0.4, 0.5) is 13.2 Å². The van der Waals surface area contributed by atoms with Crippen molar-refractivity contribution in [3.8, 4) is 0 Å². The summed E-state index contributed by atoms with van der Waals surface area (Å²) in [5, 5.41) is 0.440. The molecule has 0 radical (unpaired) electrons. The van der Waals surface area contributed by atoms with Gasteiger partial charge in [0, 0.05) is 11.6 Å². The highest BCUT2D eigenvalue weighted by atomic mass is 32.2. The highest BCUT2D eigenvalue weighted by molar-refractivity contribution is 7.90. The normalized spacial score (nSPS) is 13.2. The minimum atomic E-state index is -5.34. The molecule has 0 bridgehead atoms. The Bertz CT molecular complexity index is 627. The van der Waals surface area contributed by atoms with Gasteiger partial charge in [0.1, 0.15) is 0 Å². The molecule has 0 aliphatic rings. The number of fused-ring (bicyclic) bond motifs is 1. The van der Waals surface area contributed by atoms with E-state index in [1.54, 1.807) is 6.07 Å². The Balaban J connectivity index is 2.75. The molecule has 0 amide bonds. The van der Waals surface area contributed by atoms with E-state index in [4.69, 9.17) is 0 Å². The zero-order chi connectivity index (χ0) is 12.0. The molecule has 0 atom stereocenters. The lowest BCUT2D eigenvalue weighted by Crippen LogP contribution is -2.29. The van der Waals surface area contributed by atoms with Crippen LogP contribution in [0.25, 0.3) is 10.9 Å². The van der Waals surface area contributed by atoms with Gasteiger partial charge in [0.15, 0.2) is 0 Å². The summed E-state index contributed by atoms with van der Waals surface area (Å²) in [5.41, 5.74) is -5.28. The zero-order valence-corrected chi connectivity index (χ0v) is 8.59. The van der Waals surface area contributed by atoms with Crippen molar-refractivity contribution in [1.29, 1.82) is 0 Å². The average molecular weight is 249 g/mol. The largest absolute Gasteiger partial charge is 0.517 e. The van der Waals surface area contributed by atoms with Gasteiger partial charge < -0.3 is 0 Å². The quantitative estimate of drug-likeness (QED) is 0.778. The number of halogens is 3. The van der Waals surface area contributed by atoms with E-state index in [0.29, 0.717) is 5.39 Å². The number of alkyl halides is 3. The van der Waals surface area contributed by atoms with Gasteiger partial charge >= 0.3 is 15.5 Å². The number of para-hydroxylation sites is 1. The van der Waals surface area contributed by atoms with E-state index in [1.807, 2.05) is 0 Å². The Labute approximate surface area is 89.2 Å². The Morgan fingerprint density at radius 2 is 1.69 bits per heavy atom. The summed E-state index contributed by atoms with van der Waals surface area (Å²) >= 11 is 0. The predicted octanol–water partition coefficient (Wildman–Crippen LogP) is 2.34. The van der Waals surface area contributed by atoms with Crippen LogP contribution in [0.2, 0.25) is 0 Å². The van der Waals surface area contributed by atoms with Crippen LogP contribution >= 0.6 is 0 Å². The minimum absolute atomic E-state index is 0.0137. The standard InChI is InChI=1S/C9H6F3NO2S/c10-9(11,12)16(14,15)13-6-5-7-3-1-2-4-8(7)13/h1-6H. The second-order valence-electron chi connectivity index (χ2n) is 3.12. The van der Waals surface area contributed by atoms with Gasteiger partial charge in [0.05, 0.1) is 5.52 Å². The summed E-state index contributed by atoms with van der Waals surface area (Å²) in [6, 6.07) is 7.27. The molecular formula is C9H6F3NO2S. The fraction of sp³-hybridized carbons (Fsp3) is 0.111. The lowest BCUT2D eigenvalue weighted by Gasteiger charge is -2.09. The molecule has 0 aliphatic carbocycles. The highest BCUT2D eigenvalue weighted by Gasteiger charge is 2.47. The molecule has 1 heterocycles. The van der Waals surface area contributed by atoms with Crippen molar-refractivity contribution < 1.29 is 21.6 Å². The molecule has 0 unspecified atom stereocenters. The number of nitrogens with zero attached hydrogens (tertiary/aromatic N) is 1. The van der Waals surface area contributed by atoms with Gasteiger partial charge in [-0.05, 0) is 12.1 Å². The van der Waals surface area contributed by atoms with Crippen molar-refractivity contribution in [3.63, 3.8) is 0 Å². The molecule has 2 rings (SSSR count). The van der Waals surface area contributed by atoms with Crippen LogP contribution in [0.1, 0.15) is 0 Å². The summed E-state index contributed by atoms with van der Waals surface area (Å²) in [7, 11) is -5.34. The fourth-order valence-corrected chi connectivity index (χ4v) is 2.25. The third-order valence-corrected chi connectivity index (χ3v) is 3.54. The van der Waals surface area contributed by atoms with Crippen LogP contribution in [-0.2, 0) is 10.0 Å². The molecule has 3 nitrogen and oxygen atoms in total. The Hall–Kier alpha value is -1.50. The summed E-state index contributed by atoms with van der Waals surface area (Å²) in [4.78, 5) is 0. The van der Waals surface area contributed by atoms with Gasteiger partial charge in [-0.25, -0.2) is 3.97 Å². The topological polar surface area (TPSA) is 39.1 Å². The number of aromatic nitrogens is 1. The first kappa shape index (κ1) is 11.0. The lowest BCUT2D eigenvalue weighted by atomic mass is 10.3. The molecule has 0 saturated carbocycles. The summed E-state index contributed by atoms with van der Waals surface area (Å²) in [6.45, 7) is 0. The Morgan fingerprint density at radius 1 is 1.06 bits per heavy atom. The van der Waals surface area contributed by atoms with Crippen LogP contribution in [-0.4, -0.2) is 17.9 Å². The highest BCUT2D eigenvalue weighted by Crippen LogP contribution is 2.28. The second-order valence-corrected chi connectivity index (χ2v) is 4.93. The summed E-state index contributed by atoms with van der Waals surface area (Å²) in [6.07, 6.45) is 0.896. The van der Waals surface area contributed by atoms with Crippen molar-refractivity contribution in [3.05, 3.63) is 36.5 Å². The SMILES string of the molecule is O=S(=O)(n1ccc2ccccc21)C(F)(F)F. The van der Waals surface area contributed by atoms with Gasteiger partial charge in [-0.1, -0.05) is 18.2 Å². The molecule has 0 aliphatic heterocycles. The average Bonchev–Trinajstić information content (AvgIpc) is 2.59. The molecule has 86 valence electrons. The molecule has 2 aromatic rings. The smallest absolute Gasteiger partial charge is 0.238 e. The zero-order valence-electron chi connectivity index (χ0n) is 7.77. The van der Waals surface area contributed by atoms with E-state index in [9.17, 15) is 21.6 Å². The predicted molar refractivity (Wildman–Crippen MR) is 52.3 cm³/mol. The Kier molecular flexibility index (Phi) is 2.23. The molecule has 1 aromatic carbocycles. The van der Waals surface area contributed by atoms with E-state index < -0.39 is 15.5 Å². The summed E-state index contributed by atoms with van der Waals surface area (Å²) in [5.74, 6) is 0. The maximum atomic E-state index is 12.3. The third-order valence-electron chi connectivity index (χ3n) is 2.12. The maximum Gasteiger partial charge on any atom is 0.517 e. The van der Waals surface area contributed by atoms with Gasteiger partial charge in [0.2, 0.25) is 0 Å². The van der Waals surface area contributed by atoms with Crippen molar-refractivity contribution in [2.24, 2.45) is 0 Å². The first-order chi connectivity index (χ1) is 7.34. The van der Waals surface area contributed by atoms with Crippen LogP contribution < -0.4 is 0 Å². The first-order valence-corrected chi connectivity index (χ1v) is 5.66. The van der Waals surface area contributed by atoms with Crippen LogP contribution in [0.15, 0.2) is 36.5 Å². The number of hydrogen-bond acceptors (Lipinski definition) is 2. The van der Waals surface area contributed by atoms with Crippen molar-refractivity contribution in [1.82, 2.24) is 3.97 Å². The van der Waals surface area contributed by atoms with E-state index in [-0.39, 0.29) is 9.49 Å². The molecule has 0 N–H and O–H groups in total. The Morgan fingerprint density at radius 3 is 2.31 bits per heavy atom. The molecule has 0 saturated heterocycles. The minimum Gasteiger partial charge on any atom is -0.238 e. The molecule has 0 fully saturated rings. The van der Waals surface area contributed by atoms with Gasteiger partial charge in [-0.3, -0.25) is 0 Å². The number of benzene rings is 1. The summed E-state index contributed by atoms with van der Waals surface area (Å²) < 4.78 is 59.5. The van der Waals surface area contributed by atoms with Crippen LogP contribution in [0.3, 0.4) is 0 Å². The van der Waals surface area contributed by atoms with E-state index in [2.05, 4.69) is 0 Å². The molecule has 0 spiro atoms. The third kappa shape index (κ3) is 1.47.